The minimum atomic E-state index is -0.205. The van der Waals surface area contributed by atoms with Gasteiger partial charge in [-0.25, -0.2) is 15.8 Å². The molecule has 5 nitrogen and oxygen atoms in total. The molecule has 0 spiro atoms. The topological polar surface area (TPSA) is 84.1 Å². The molecule has 0 atom stereocenters. The van der Waals surface area contributed by atoms with Crippen molar-refractivity contribution in [2.75, 3.05) is 5.43 Å². The van der Waals surface area contributed by atoms with E-state index in [2.05, 4.69) is 15.4 Å². The van der Waals surface area contributed by atoms with Crippen molar-refractivity contribution in [3.63, 3.8) is 0 Å². The van der Waals surface area contributed by atoms with E-state index in [-0.39, 0.29) is 6.61 Å². The van der Waals surface area contributed by atoms with Gasteiger partial charge < -0.3 is 10.5 Å². The van der Waals surface area contributed by atoms with Gasteiger partial charge in [-0.1, -0.05) is 30.3 Å². The molecule has 0 aliphatic rings. The summed E-state index contributed by atoms with van der Waals surface area (Å²) < 4.78 is 0. The van der Waals surface area contributed by atoms with Crippen LogP contribution in [0.5, 0.6) is 0 Å². The Morgan fingerprint density at radius 1 is 1.21 bits per heavy atom. The smallest absolute Gasteiger partial charge is 0.157 e. The third-order valence-corrected chi connectivity index (χ3v) is 3.72. The molecule has 0 bridgehead atoms. The molecule has 3 aromatic rings. The van der Waals surface area contributed by atoms with Gasteiger partial charge in [0.1, 0.15) is 11.4 Å². The quantitative estimate of drug-likeness (QED) is 0.502. The lowest BCUT2D eigenvalue weighted by Gasteiger charge is -2.06. The molecule has 19 heavy (non-hydrogen) atoms. The van der Waals surface area contributed by atoms with Gasteiger partial charge in [0.15, 0.2) is 11.6 Å². The molecule has 3 rings (SSSR count). The van der Waals surface area contributed by atoms with Gasteiger partial charge in [-0.05, 0) is 5.56 Å². The molecule has 0 aliphatic heterocycles. The molecule has 1 aromatic carbocycles. The Balaban J connectivity index is 2.28. The van der Waals surface area contributed by atoms with E-state index in [9.17, 15) is 0 Å². The SMILES string of the molecule is NNc1nc(CO)nc2scc(-c3ccccc3)c12. The molecule has 2 aromatic heterocycles. The van der Waals surface area contributed by atoms with Gasteiger partial charge in [0.05, 0.1) is 5.39 Å². The summed E-state index contributed by atoms with van der Waals surface area (Å²) >= 11 is 1.51. The Labute approximate surface area is 113 Å². The average Bonchev–Trinajstić information content (AvgIpc) is 2.91. The molecule has 0 radical (unpaired) electrons. The monoisotopic (exact) mass is 272 g/mol. The number of aliphatic hydroxyl groups is 1. The van der Waals surface area contributed by atoms with E-state index in [0.29, 0.717) is 11.6 Å². The first kappa shape index (κ1) is 12.0. The van der Waals surface area contributed by atoms with Crippen LogP contribution in [0, 0.1) is 0 Å². The van der Waals surface area contributed by atoms with Gasteiger partial charge in [0, 0.05) is 10.9 Å². The molecule has 0 unspecified atom stereocenters. The number of nitrogens with one attached hydrogen (secondary N) is 1. The minimum Gasteiger partial charge on any atom is -0.388 e. The van der Waals surface area contributed by atoms with Crippen LogP contribution in [-0.4, -0.2) is 15.1 Å². The second-order valence-electron chi connectivity index (χ2n) is 3.99. The third-order valence-electron chi connectivity index (χ3n) is 2.84. The first-order chi connectivity index (χ1) is 9.33. The second-order valence-corrected chi connectivity index (χ2v) is 4.84. The fourth-order valence-corrected chi connectivity index (χ4v) is 2.96. The molecular formula is C13H12N4OS. The lowest BCUT2D eigenvalue weighted by Crippen LogP contribution is -2.11. The fourth-order valence-electron chi connectivity index (χ4n) is 1.99. The van der Waals surface area contributed by atoms with Crippen LogP contribution in [0.3, 0.4) is 0 Å². The van der Waals surface area contributed by atoms with Crippen LogP contribution in [0.15, 0.2) is 35.7 Å². The van der Waals surface area contributed by atoms with Crippen molar-refractivity contribution >= 4 is 27.4 Å². The van der Waals surface area contributed by atoms with Gasteiger partial charge in [-0.15, -0.1) is 11.3 Å². The van der Waals surface area contributed by atoms with Crippen molar-refractivity contribution < 1.29 is 5.11 Å². The highest BCUT2D eigenvalue weighted by molar-refractivity contribution is 7.17. The van der Waals surface area contributed by atoms with Crippen LogP contribution in [-0.2, 0) is 6.61 Å². The summed E-state index contributed by atoms with van der Waals surface area (Å²) in [7, 11) is 0. The van der Waals surface area contributed by atoms with Gasteiger partial charge >= 0.3 is 0 Å². The number of hydrogen-bond acceptors (Lipinski definition) is 6. The molecule has 6 heteroatoms. The molecule has 0 amide bonds. The molecule has 96 valence electrons. The minimum absolute atomic E-state index is 0.205. The Hall–Kier alpha value is -2.02. The summed E-state index contributed by atoms with van der Waals surface area (Å²) in [6.07, 6.45) is 0. The predicted molar refractivity (Wildman–Crippen MR) is 76.6 cm³/mol. The number of fused-ring (bicyclic) bond motifs is 1. The lowest BCUT2D eigenvalue weighted by molar-refractivity contribution is 0.272. The van der Waals surface area contributed by atoms with E-state index >= 15 is 0 Å². The van der Waals surface area contributed by atoms with Crippen molar-refractivity contribution in [3.05, 3.63) is 41.5 Å². The number of rotatable bonds is 3. The molecule has 0 fully saturated rings. The summed E-state index contributed by atoms with van der Waals surface area (Å²) in [6, 6.07) is 10.00. The molecule has 4 N–H and O–H groups in total. The van der Waals surface area contributed by atoms with Gasteiger partial charge in [0.2, 0.25) is 0 Å². The standard InChI is InChI=1S/C13H12N4OS/c14-17-12-11-9(8-4-2-1-3-5-8)7-19-13(11)16-10(6-18)15-12/h1-5,7,18H,6,14H2,(H,15,16,17). The molecule has 0 aliphatic carbocycles. The fraction of sp³-hybridized carbons (Fsp3) is 0.0769. The van der Waals surface area contributed by atoms with E-state index in [1.54, 1.807) is 0 Å². The first-order valence-corrected chi connectivity index (χ1v) is 6.62. The largest absolute Gasteiger partial charge is 0.388 e. The summed E-state index contributed by atoms with van der Waals surface area (Å²) in [5, 5.41) is 12.1. The number of aliphatic hydroxyl groups excluding tert-OH is 1. The van der Waals surface area contributed by atoms with Crippen molar-refractivity contribution in [2.24, 2.45) is 5.84 Å². The Morgan fingerprint density at radius 2 is 2.00 bits per heavy atom. The van der Waals surface area contributed by atoms with Crippen molar-refractivity contribution in [2.45, 2.75) is 6.61 Å². The number of thiophene rings is 1. The number of anilines is 1. The molecule has 0 saturated heterocycles. The average molecular weight is 272 g/mol. The van der Waals surface area contributed by atoms with E-state index in [1.165, 1.54) is 11.3 Å². The normalized spacial score (nSPS) is 10.8. The van der Waals surface area contributed by atoms with E-state index < -0.39 is 0 Å². The van der Waals surface area contributed by atoms with Crippen molar-refractivity contribution in [1.29, 1.82) is 0 Å². The van der Waals surface area contributed by atoms with E-state index in [4.69, 9.17) is 10.9 Å². The Bertz CT molecular complexity index is 711. The molecule has 2 heterocycles. The second kappa shape index (κ2) is 4.93. The Morgan fingerprint density at radius 3 is 2.68 bits per heavy atom. The highest BCUT2D eigenvalue weighted by Gasteiger charge is 2.14. The van der Waals surface area contributed by atoms with Crippen LogP contribution in [0.2, 0.25) is 0 Å². The maximum absolute atomic E-state index is 9.15. The summed E-state index contributed by atoms with van der Waals surface area (Å²) in [4.78, 5) is 9.33. The number of nitrogen functional groups attached to an aromatic ring is 1. The van der Waals surface area contributed by atoms with Crippen molar-refractivity contribution in [3.8, 4) is 11.1 Å². The van der Waals surface area contributed by atoms with Gasteiger partial charge in [-0.2, -0.15) is 0 Å². The first-order valence-electron chi connectivity index (χ1n) is 5.74. The number of nitrogens with two attached hydrogens (primary N) is 1. The highest BCUT2D eigenvalue weighted by Crippen LogP contribution is 2.36. The number of benzene rings is 1. The maximum atomic E-state index is 9.15. The third kappa shape index (κ3) is 2.06. The Kier molecular flexibility index (Phi) is 3.12. The summed E-state index contributed by atoms with van der Waals surface area (Å²) in [5.41, 5.74) is 4.71. The summed E-state index contributed by atoms with van der Waals surface area (Å²) in [6.45, 7) is -0.205. The number of aromatic nitrogens is 2. The van der Waals surface area contributed by atoms with Crippen LogP contribution >= 0.6 is 11.3 Å². The number of nitrogens with zero attached hydrogens (tertiary/aromatic N) is 2. The number of hydrogen-bond donors (Lipinski definition) is 3. The van der Waals surface area contributed by atoms with E-state index in [1.807, 2.05) is 35.7 Å². The van der Waals surface area contributed by atoms with Crippen LogP contribution < -0.4 is 11.3 Å². The zero-order valence-corrected chi connectivity index (χ0v) is 10.8. The highest BCUT2D eigenvalue weighted by atomic mass is 32.1. The zero-order chi connectivity index (χ0) is 13.2. The maximum Gasteiger partial charge on any atom is 0.157 e. The van der Waals surface area contributed by atoms with Crippen molar-refractivity contribution in [1.82, 2.24) is 9.97 Å². The van der Waals surface area contributed by atoms with E-state index in [0.717, 1.165) is 21.3 Å². The molecular weight excluding hydrogens is 260 g/mol. The number of hydrazine groups is 1. The summed E-state index contributed by atoms with van der Waals surface area (Å²) in [5.74, 6) is 6.43. The predicted octanol–water partition coefficient (Wildman–Crippen LogP) is 2.14. The van der Waals surface area contributed by atoms with Crippen LogP contribution in [0.1, 0.15) is 5.82 Å². The van der Waals surface area contributed by atoms with Crippen LogP contribution in [0.25, 0.3) is 21.3 Å². The lowest BCUT2D eigenvalue weighted by atomic mass is 10.1. The van der Waals surface area contributed by atoms with Gasteiger partial charge in [0.25, 0.3) is 0 Å². The zero-order valence-electron chi connectivity index (χ0n) is 10.00. The van der Waals surface area contributed by atoms with Gasteiger partial charge in [-0.3, -0.25) is 0 Å². The van der Waals surface area contributed by atoms with Crippen LogP contribution in [0.4, 0.5) is 5.82 Å². The molecule has 0 saturated carbocycles.